The highest BCUT2D eigenvalue weighted by Crippen LogP contribution is 2.31. The highest BCUT2D eigenvalue weighted by Gasteiger charge is 2.20. The van der Waals surface area contributed by atoms with E-state index >= 15 is 0 Å². The van der Waals surface area contributed by atoms with Gasteiger partial charge in [0.05, 0.1) is 17.5 Å². The van der Waals surface area contributed by atoms with E-state index in [9.17, 15) is 4.79 Å². The molecule has 2 aromatic carbocycles. The molecule has 1 atom stereocenters. The van der Waals surface area contributed by atoms with E-state index < -0.39 is 0 Å². The molecular formula is C24H27N3O3. The van der Waals surface area contributed by atoms with Gasteiger partial charge in [-0.25, -0.2) is 4.68 Å². The van der Waals surface area contributed by atoms with Crippen LogP contribution in [-0.4, -0.2) is 34.9 Å². The van der Waals surface area contributed by atoms with Crippen LogP contribution in [0.5, 0.6) is 11.6 Å². The van der Waals surface area contributed by atoms with E-state index in [1.165, 1.54) is 0 Å². The van der Waals surface area contributed by atoms with E-state index in [4.69, 9.17) is 14.6 Å². The van der Waals surface area contributed by atoms with Crippen molar-refractivity contribution < 1.29 is 14.3 Å². The number of ether oxygens (including phenoxy) is 2. The Balaban J connectivity index is 1.52. The van der Waals surface area contributed by atoms with Gasteiger partial charge in [-0.1, -0.05) is 36.4 Å². The monoisotopic (exact) mass is 405 g/mol. The summed E-state index contributed by atoms with van der Waals surface area (Å²) in [5.74, 6) is 1.40. The molecule has 0 saturated carbocycles. The van der Waals surface area contributed by atoms with Crippen LogP contribution in [0.4, 0.5) is 0 Å². The normalized spacial score (nSPS) is 15.8. The summed E-state index contributed by atoms with van der Waals surface area (Å²) < 4.78 is 13.6. The van der Waals surface area contributed by atoms with Gasteiger partial charge in [-0.05, 0) is 50.5 Å². The van der Waals surface area contributed by atoms with Gasteiger partial charge in [0.2, 0.25) is 11.8 Å². The van der Waals surface area contributed by atoms with E-state index in [2.05, 4.69) is 5.32 Å². The standard InChI is InChI=1S/C24H27N3O3/c1-18-22(14-15-23(28)25-17-21-13-8-16-29-21)24(30-20-11-6-3-7-12-20)27(26-18)19-9-4-2-5-10-19/h2-7,9-12,21H,8,13-17H2,1H3,(H,25,28)/t21-/m1/s1. The molecule has 6 nitrogen and oxygen atoms in total. The SMILES string of the molecule is Cc1nn(-c2ccccc2)c(Oc2ccccc2)c1CCC(=O)NC[C@H]1CCCO1. The minimum Gasteiger partial charge on any atom is -0.439 e. The van der Waals surface area contributed by atoms with Gasteiger partial charge < -0.3 is 14.8 Å². The Bertz CT molecular complexity index is 964. The zero-order valence-electron chi connectivity index (χ0n) is 17.2. The summed E-state index contributed by atoms with van der Waals surface area (Å²) in [5.41, 5.74) is 2.72. The molecule has 6 heteroatoms. The van der Waals surface area contributed by atoms with E-state index in [0.717, 1.165) is 42.1 Å². The number of amides is 1. The van der Waals surface area contributed by atoms with E-state index in [0.29, 0.717) is 25.3 Å². The average Bonchev–Trinajstić information content (AvgIpc) is 3.40. The van der Waals surface area contributed by atoms with Gasteiger partial charge in [-0.3, -0.25) is 4.79 Å². The molecule has 0 radical (unpaired) electrons. The lowest BCUT2D eigenvalue weighted by Gasteiger charge is -2.12. The summed E-state index contributed by atoms with van der Waals surface area (Å²) in [6, 6.07) is 19.5. The summed E-state index contributed by atoms with van der Waals surface area (Å²) in [6.45, 7) is 3.32. The first kappa shape index (κ1) is 20.2. The molecule has 1 aromatic heterocycles. The number of hydrogen-bond donors (Lipinski definition) is 1. The van der Waals surface area contributed by atoms with E-state index in [-0.39, 0.29) is 12.0 Å². The summed E-state index contributed by atoms with van der Waals surface area (Å²) >= 11 is 0. The summed E-state index contributed by atoms with van der Waals surface area (Å²) in [7, 11) is 0. The summed E-state index contributed by atoms with van der Waals surface area (Å²) in [6.07, 6.45) is 3.15. The van der Waals surface area contributed by atoms with Gasteiger partial charge in [0, 0.05) is 25.1 Å². The molecule has 30 heavy (non-hydrogen) atoms. The first-order valence-corrected chi connectivity index (χ1v) is 10.5. The number of benzene rings is 2. The first-order chi connectivity index (χ1) is 14.7. The maximum atomic E-state index is 12.4. The number of carbonyl (C=O) groups excluding carboxylic acids is 1. The molecule has 1 N–H and O–H groups in total. The van der Waals surface area contributed by atoms with Crippen molar-refractivity contribution in [1.82, 2.24) is 15.1 Å². The van der Waals surface area contributed by atoms with E-state index in [1.807, 2.05) is 72.3 Å². The number of aromatic nitrogens is 2. The third-order valence-corrected chi connectivity index (χ3v) is 5.25. The molecule has 1 amide bonds. The van der Waals surface area contributed by atoms with Gasteiger partial charge in [-0.2, -0.15) is 5.10 Å². The van der Waals surface area contributed by atoms with Crippen molar-refractivity contribution in [2.75, 3.05) is 13.2 Å². The third kappa shape index (κ3) is 4.89. The lowest BCUT2D eigenvalue weighted by molar-refractivity contribution is -0.121. The Labute approximate surface area is 176 Å². The van der Waals surface area contributed by atoms with Crippen molar-refractivity contribution in [3.63, 3.8) is 0 Å². The fourth-order valence-corrected chi connectivity index (χ4v) is 3.64. The maximum absolute atomic E-state index is 12.4. The van der Waals surface area contributed by atoms with Crippen LogP contribution in [0, 0.1) is 6.92 Å². The van der Waals surface area contributed by atoms with Gasteiger partial charge >= 0.3 is 0 Å². The third-order valence-electron chi connectivity index (χ3n) is 5.25. The van der Waals surface area contributed by atoms with Crippen molar-refractivity contribution in [2.24, 2.45) is 0 Å². The van der Waals surface area contributed by atoms with Crippen molar-refractivity contribution >= 4 is 5.91 Å². The average molecular weight is 405 g/mol. The van der Waals surface area contributed by atoms with Crippen LogP contribution in [0.2, 0.25) is 0 Å². The first-order valence-electron chi connectivity index (χ1n) is 10.5. The minimum atomic E-state index is 0.0167. The molecule has 4 rings (SSSR count). The Kier molecular flexibility index (Phi) is 6.44. The lowest BCUT2D eigenvalue weighted by Crippen LogP contribution is -2.31. The molecule has 0 unspecified atom stereocenters. The Morgan fingerprint density at radius 1 is 1.17 bits per heavy atom. The summed E-state index contributed by atoms with van der Waals surface area (Å²) in [5, 5.41) is 7.69. The number of nitrogens with zero attached hydrogens (tertiary/aromatic N) is 2. The second kappa shape index (κ2) is 9.59. The lowest BCUT2D eigenvalue weighted by atomic mass is 10.1. The fourth-order valence-electron chi connectivity index (χ4n) is 3.64. The predicted molar refractivity (Wildman–Crippen MR) is 115 cm³/mol. The minimum absolute atomic E-state index is 0.0167. The highest BCUT2D eigenvalue weighted by atomic mass is 16.5. The molecule has 156 valence electrons. The molecule has 0 bridgehead atoms. The van der Waals surface area contributed by atoms with Crippen LogP contribution >= 0.6 is 0 Å². The van der Waals surface area contributed by atoms with Gasteiger partial charge in [0.25, 0.3) is 0 Å². The second-order valence-corrected chi connectivity index (χ2v) is 7.47. The molecule has 1 fully saturated rings. The molecule has 1 saturated heterocycles. The van der Waals surface area contributed by atoms with Crippen LogP contribution < -0.4 is 10.1 Å². The van der Waals surface area contributed by atoms with Gasteiger partial charge in [-0.15, -0.1) is 0 Å². The Morgan fingerprint density at radius 2 is 1.90 bits per heavy atom. The molecule has 2 heterocycles. The van der Waals surface area contributed by atoms with Crippen LogP contribution in [0.1, 0.15) is 30.5 Å². The number of hydrogen-bond acceptors (Lipinski definition) is 4. The number of rotatable bonds is 8. The van der Waals surface area contributed by atoms with E-state index in [1.54, 1.807) is 0 Å². The molecule has 0 aliphatic carbocycles. The zero-order valence-corrected chi connectivity index (χ0v) is 17.2. The smallest absolute Gasteiger partial charge is 0.226 e. The molecule has 0 spiro atoms. The highest BCUT2D eigenvalue weighted by molar-refractivity contribution is 5.76. The maximum Gasteiger partial charge on any atom is 0.226 e. The van der Waals surface area contributed by atoms with Gasteiger partial charge in [0.1, 0.15) is 5.75 Å². The number of aryl methyl sites for hydroxylation is 1. The quantitative estimate of drug-likeness (QED) is 0.610. The van der Waals surface area contributed by atoms with Crippen molar-refractivity contribution in [1.29, 1.82) is 0 Å². The largest absolute Gasteiger partial charge is 0.439 e. The van der Waals surface area contributed by atoms with Crippen LogP contribution in [0.25, 0.3) is 5.69 Å². The second-order valence-electron chi connectivity index (χ2n) is 7.47. The van der Waals surface area contributed by atoms with Crippen LogP contribution in [-0.2, 0) is 16.0 Å². The van der Waals surface area contributed by atoms with Crippen molar-refractivity contribution in [3.05, 3.63) is 71.9 Å². The number of nitrogens with one attached hydrogen (secondary N) is 1. The van der Waals surface area contributed by atoms with Crippen LogP contribution in [0.15, 0.2) is 60.7 Å². The fraction of sp³-hybridized carbons (Fsp3) is 0.333. The summed E-state index contributed by atoms with van der Waals surface area (Å²) in [4.78, 5) is 12.4. The van der Waals surface area contributed by atoms with Gasteiger partial charge in [0.15, 0.2) is 0 Å². The Morgan fingerprint density at radius 3 is 2.60 bits per heavy atom. The van der Waals surface area contributed by atoms with Crippen molar-refractivity contribution in [2.45, 2.75) is 38.7 Å². The number of carbonyl (C=O) groups is 1. The predicted octanol–water partition coefficient (Wildman–Crippen LogP) is 4.20. The molecule has 1 aliphatic rings. The van der Waals surface area contributed by atoms with Crippen molar-refractivity contribution in [3.8, 4) is 17.3 Å². The zero-order chi connectivity index (χ0) is 20.8. The molecule has 3 aromatic rings. The number of para-hydroxylation sites is 2. The topological polar surface area (TPSA) is 65.4 Å². The molecular weight excluding hydrogens is 378 g/mol. The van der Waals surface area contributed by atoms with Crippen LogP contribution in [0.3, 0.4) is 0 Å². The Hall–Kier alpha value is -3.12. The molecule has 1 aliphatic heterocycles.